The van der Waals surface area contributed by atoms with Gasteiger partial charge in [0.15, 0.2) is 0 Å². The van der Waals surface area contributed by atoms with Gasteiger partial charge in [-0.3, -0.25) is 0 Å². The second-order valence-corrected chi connectivity index (χ2v) is 6.89. The molecule has 2 aliphatic rings. The average Bonchev–Trinajstić information content (AvgIpc) is 3.19. The molecule has 1 saturated carbocycles. The van der Waals surface area contributed by atoms with Gasteiger partial charge in [0.05, 0.1) is 19.3 Å². The van der Waals surface area contributed by atoms with E-state index in [-0.39, 0.29) is 6.61 Å². The van der Waals surface area contributed by atoms with E-state index in [9.17, 15) is 0 Å². The number of nitrogens with zero attached hydrogens (tertiary/aromatic N) is 1. The largest absolute Gasteiger partial charge is 0.394 e. The Kier molecular flexibility index (Phi) is 5.63. The standard InChI is InChI=1S/C15H30N2O2/c1-15(2,11-16-13-3-4-13)12-17-7-5-14(6-8-17)19-10-9-18/h13-14,16,18H,3-12H2,1-2H3. The predicted molar refractivity (Wildman–Crippen MR) is 77.3 cm³/mol. The van der Waals surface area contributed by atoms with Crippen LogP contribution in [0.25, 0.3) is 0 Å². The molecule has 0 bridgehead atoms. The van der Waals surface area contributed by atoms with Crippen molar-refractivity contribution in [1.82, 2.24) is 10.2 Å². The Hall–Kier alpha value is -0.160. The monoisotopic (exact) mass is 270 g/mol. The normalized spacial score (nSPS) is 22.9. The summed E-state index contributed by atoms with van der Waals surface area (Å²) in [4.78, 5) is 2.56. The van der Waals surface area contributed by atoms with E-state index in [4.69, 9.17) is 9.84 Å². The number of hydrogen-bond donors (Lipinski definition) is 2. The summed E-state index contributed by atoms with van der Waals surface area (Å²) in [5, 5.41) is 12.4. The summed E-state index contributed by atoms with van der Waals surface area (Å²) in [5.41, 5.74) is 0.349. The highest BCUT2D eigenvalue weighted by atomic mass is 16.5. The molecular formula is C15H30N2O2. The van der Waals surface area contributed by atoms with E-state index in [1.54, 1.807) is 0 Å². The molecule has 4 nitrogen and oxygen atoms in total. The molecule has 0 spiro atoms. The van der Waals surface area contributed by atoms with Gasteiger partial charge in [-0.15, -0.1) is 0 Å². The highest BCUT2D eigenvalue weighted by molar-refractivity contribution is 4.86. The summed E-state index contributed by atoms with van der Waals surface area (Å²) in [6.07, 6.45) is 5.29. The first-order valence-electron chi connectivity index (χ1n) is 7.77. The van der Waals surface area contributed by atoms with Crippen molar-refractivity contribution in [3.63, 3.8) is 0 Å². The second kappa shape index (κ2) is 7.02. The molecule has 0 unspecified atom stereocenters. The average molecular weight is 270 g/mol. The molecule has 0 radical (unpaired) electrons. The SMILES string of the molecule is CC(C)(CNC1CC1)CN1CCC(OCCO)CC1. The summed E-state index contributed by atoms with van der Waals surface area (Å²) in [7, 11) is 0. The lowest BCUT2D eigenvalue weighted by Crippen LogP contribution is -2.45. The molecule has 0 aromatic rings. The molecule has 0 amide bonds. The highest BCUT2D eigenvalue weighted by Gasteiger charge is 2.28. The molecule has 1 aliphatic heterocycles. The van der Waals surface area contributed by atoms with E-state index < -0.39 is 0 Å². The fourth-order valence-corrected chi connectivity index (χ4v) is 2.82. The van der Waals surface area contributed by atoms with Crippen LogP contribution in [0.15, 0.2) is 0 Å². The summed E-state index contributed by atoms with van der Waals surface area (Å²) >= 11 is 0. The Morgan fingerprint density at radius 1 is 1.21 bits per heavy atom. The van der Waals surface area contributed by atoms with Gasteiger partial charge in [0, 0.05) is 32.2 Å². The lowest BCUT2D eigenvalue weighted by Gasteiger charge is -2.37. The smallest absolute Gasteiger partial charge is 0.0701 e. The maximum absolute atomic E-state index is 8.77. The lowest BCUT2D eigenvalue weighted by atomic mass is 9.91. The van der Waals surface area contributed by atoms with E-state index in [0.717, 1.165) is 38.5 Å². The quantitative estimate of drug-likeness (QED) is 0.696. The topological polar surface area (TPSA) is 44.7 Å². The number of ether oxygens (including phenoxy) is 1. The zero-order chi connectivity index (χ0) is 13.7. The van der Waals surface area contributed by atoms with Crippen LogP contribution in [0, 0.1) is 5.41 Å². The van der Waals surface area contributed by atoms with Crippen molar-refractivity contribution >= 4 is 0 Å². The highest BCUT2D eigenvalue weighted by Crippen LogP contribution is 2.24. The number of nitrogens with one attached hydrogen (secondary N) is 1. The molecule has 2 rings (SSSR count). The molecular weight excluding hydrogens is 240 g/mol. The second-order valence-electron chi connectivity index (χ2n) is 6.89. The number of aliphatic hydroxyl groups is 1. The minimum Gasteiger partial charge on any atom is -0.394 e. The minimum absolute atomic E-state index is 0.139. The van der Waals surface area contributed by atoms with Crippen molar-refractivity contribution in [2.24, 2.45) is 5.41 Å². The minimum atomic E-state index is 0.139. The van der Waals surface area contributed by atoms with Crippen LogP contribution in [0.2, 0.25) is 0 Å². The third-order valence-corrected chi connectivity index (χ3v) is 4.08. The van der Waals surface area contributed by atoms with Gasteiger partial charge in [-0.05, 0) is 31.1 Å². The van der Waals surface area contributed by atoms with Crippen molar-refractivity contribution in [1.29, 1.82) is 0 Å². The summed E-state index contributed by atoms with van der Waals surface area (Å²) in [6, 6.07) is 0.803. The van der Waals surface area contributed by atoms with Crippen LogP contribution in [-0.4, -0.2) is 61.5 Å². The van der Waals surface area contributed by atoms with Crippen LogP contribution < -0.4 is 5.32 Å². The van der Waals surface area contributed by atoms with E-state index in [0.29, 0.717) is 18.1 Å². The summed E-state index contributed by atoms with van der Waals surface area (Å²) in [6.45, 7) is 9.89. The molecule has 1 aliphatic carbocycles. The van der Waals surface area contributed by atoms with E-state index >= 15 is 0 Å². The molecule has 4 heteroatoms. The third kappa shape index (κ3) is 5.78. The number of likely N-dealkylation sites (tertiary alicyclic amines) is 1. The first kappa shape index (κ1) is 15.2. The summed E-state index contributed by atoms with van der Waals surface area (Å²) < 4.78 is 5.61. The van der Waals surface area contributed by atoms with Gasteiger partial charge in [0.1, 0.15) is 0 Å². The first-order chi connectivity index (χ1) is 9.09. The van der Waals surface area contributed by atoms with Crippen molar-refractivity contribution in [2.75, 3.05) is 39.4 Å². The number of hydrogen-bond acceptors (Lipinski definition) is 4. The Morgan fingerprint density at radius 2 is 1.89 bits per heavy atom. The van der Waals surface area contributed by atoms with Gasteiger partial charge >= 0.3 is 0 Å². The van der Waals surface area contributed by atoms with Gasteiger partial charge in [0.25, 0.3) is 0 Å². The lowest BCUT2D eigenvalue weighted by molar-refractivity contribution is -0.0130. The van der Waals surface area contributed by atoms with Crippen LogP contribution in [-0.2, 0) is 4.74 Å². The number of rotatable bonds is 8. The van der Waals surface area contributed by atoms with Crippen LogP contribution in [0.5, 0.6) is 0 Å². The fraction of sp³-hybridized carbons (Fsp3) is 1.00. The van der Waals surface area contributed by atoms with Gasteiger partial charge in [0.2, 0.25) is 0 Å². The molecule has 0 atom stereocenters. The Labute approximate surface area is 117 Å². The third-order valence-electron chi connectivity index (χ3n) is 4.08. The maximum Gasteiger partial charge on any atom is 0.0701 e. The van der Waals surface area contributed by atoms with Crippen molar-refractivity contribution in [3.05, 3.63) is 0 Å². The maximum atomic E-state index is 8.77. The molecule has 1 saturated heterocycles. The molecule has 19 heavy (non-hydrogen) atoms. The number of aliphatic hydroxyl groups excluding tert-OH is 1. The van der Waals surface area contributed by atoms with Crippen molar-refractivity contribution in [3.8, 4) is 0 Å². The van der Waals surface area contributed by atoms with E-state index in [2.05, 4.69) is 24.1 Å². The van der Waals surface area contributed by atoms with Gasteiger partial charge in [-0.1, -0.05) is 13.8 Å². The van der Waals surface area contributed by atoms with Crippen molar-refractivity contribution < 1.29 is 9.84 Å². The Bertz CT molecular complexity index is 259. The van der Waals surface area contributed by atoms with Gasteiger partial charge in [-0.2, -0.15) is 0 Å². The van der Waals surface area contributed by atoms with Gasteiger partial charge in [-0.25, -0.2) is 0 Å². The molecule has 112 valence electrons. The fourth-order valence-electron chi connectivity index (χ4n) is 2.82. The van der Waals surface area contributed by atoms with E-state index in [1.165, 1.54) is 19.4 Å². The zero-order valence-electron chi connectivity index (χ0n) is 12.5. The zero-order valence-corrected chi connectivity index (χ0v) is 12.5. The van der Waals surface area contributed by atoms with Crippen LogP contribution in [0.3, 0.4) is 0 Å². The molecule has 0 aromatic heterocycles. The van der Waals surface area contributed by atoms with Crippen LogP contribution >= 0.6 is 0 Å². The van der Waals surface area contributed by atoms with Crippen LogP contribution in [0.4, 0.5) is 0 Å². The molecule has 2 fully saturated rings. The Balaban J connectivity index is 1.63. The predicted octanol–water partition coefficient (Wildman–Crippen LogP) is 1.24. The molecule has 2 N–H and O–H groups in total. The Morgan fingerprint density at radius 3 is 2.47 bits per heavy atom. The van der Waals surface area contributed by atoms with Gasteiger partial charge < -0.3 is 20.1 Å². The van der Waals surface area contributed by atoms with E-state index in [1.807, 2.05) is 0 Å². The van der Waals surface area contributed by atoms with Crippen molar-refractivity contribution in [2.45, 2.75) is 51.7 Å². The summed E-state index contributed by atoms with van der Waals surface area (Å²) in [5.74, 6) is 0. The molecule has 0 aromatic carbocycles. The van der Waals surface area contributed by atoms with Crippen LogP contribution in [0.1, 0.15) is 39.5 Å². The first-order valence-corrected chi connectivity index (χ1v) is 7.77. The molecule has 1 heterocycles. The number of piperidine rings is 1.